The molecular formula is C19H24O2. The van der Waals surface area contributed by atoms with E-state index in [1.807, 2.05) is 39.0 Å². The van der Waals surface area contributed by atoms with Crippen LogP contribution in [0.5, 0.6) is 5.75 Å². The summed E-state index contributed by atoms with van der Waals surface area (Å²) in [6.07, 6.45) is -0.608. The number of aliphatic hydroxyl groups is 1. The number of rotatable bonds is 4. The Labute approximate surface area is 127 Å². The maximum Gasteiger partial charge on any atom is 0.122 e. The van der Waals surface area contributed by atoms with E-state index in [0.717, 1.165) is 28.0 Å². The van der Waals surface area contributed by atoms with Gasteiger partial charge in [-0.25, -0.2) is 0 Å². The van der Waals surface area contributed by atoms with Gasteiger partial charge >= 0.3 is 0 Å². The van der Waals surface area contributed by atoms with E-state index in [4.69, 9.17) is 4.74 Å². The van der Waals surface area contributed by atoms with Gasteiger partial charge in [0.2, 0.25) is 0 Å². The minimum atomic E-state index is -0.608. The van der Waals surface area contributed by atoms with Crippen LogP contribution in [0.3, 0.4) is 0 Å². The van der Waals surface area contributed by atoms with Crippen LogP contribution in [0.2, 0.25) is 0 Å². The molecule has 112 valence electrons. The lowest BCUT2D eigenvalue weighted by Gasteiger charge is -2.16. The normalized spacial score (nSPS) is 12.3. The second kappa shape index (κ2) is 6.31. The molecule has 0 spiro atoms. The van der Waals surface area contributed by atoms with Crippen molar-refractivity contribution in [3.05, 3.63) is 63.7 Å². The van der Waals surface area contributed by atoms with Crippen LogP contribution >= 0.6 is 0 Å². The Morgan fingerprint density at radius 2 is 1.43 bits per heavy atom. The lowest BCUT2D eigenvalue weighted by atomic mass is 10.0. The maximum atomic E-state index is 10.3. The van der Waals surface area contributed by atoms with Crippen molar-refractivity contribution >= 4 is 0 Å². The van der Waals surface area contributed by atoms with Gasteiger partial charge in [0.15, 0.2) is 0 Å². The highest BCUT2D eigenvalue weighted by Crippen LogP contribution is 2.25. The largest absolute Gasteiger partial charge is 0.490 e. The van der Waals surface area contributed by atoms with Gasteiger partial charge in [0.05, 0.1) is 0 Å². The molecule has 0 heterocycles. The standard InChI is InChI=1S/C19H24O2/c1-12-6-13(2)9-17(8-12)18(20)11-21-19-10-14(3)7-15(4)16(19)5/h6-10,18,20H,11H2,1-5H3. The quantitative estimate of drug-likeness (QED) is 0.905. The van der Waals surface area contributed by atoms with Gasteiger partial charge in [-0.1, -0.05) is 35.4 Å². The molecule has 0 radical (unpaired) electrons. The van der Waals surface area contributed by atoms with Crippen LogP contribution in [0.25, 0.3) is 0 Å². The van der Waals surface area contributed by atoms with E-state index in [-0.39, 0.29) is 6.61 Å². The van der Waals surface area contributed by atoms with Gasteiger partial charge in [-0.2, -0.15) is 0 Å². The molecule has 0 amide bonds. The van der Waals surface area contributed by atoms with Gasteiger partial charge in [-0.15, -0.1) is 0 Å². The number of aryl methyl sites for hydroxylation is 4. The summed E-state index contributed by atoms with van der Waals surface area (Å²) in [5.74, 6) is 0.857. The van der Waals surface area contributed by atoms with Gasteiger partial charge in [0.1, 0.15) is 18.5 Å². The van der Waals surface area contributed by atoms with Gasteiger partial charge in [0, 0.05) is 0 Å². The Morgan fingerprint density at radius 1 is 0.857 bits per heavy atom. The fourth-order valence-corrected chi connectivity index (χ4v) is 2.62. The molecule has 1 atom stereocenters. The highest BCUT2D eigenvalue weighted by atomic mass is 16.5. The smallest absolute Gasteiger partial charge is 0.122 e. The van der Waals surface area contributed by atoms with Gasteiger partial charge in [-0.05, 0) is 62.9 Å². The molecule has 21 heavy (non-hydrogen) atoms. The molecule has 0 saturated heterocycles. The highest BCUT2D eigenvalue weighted by Gasteiger charge is 2.11. The van der Waals surface area contributed by atoms with E-state index < -0.39 is 6.10 Å². The fraction of sp³-hybridized carbons (Fsp3) is 0.368. The summed E-state index contributed by atoms with van der Waals surface area (Å²) in [6.45, 7) is 10.5. The summed E-state index contributed by atoms with van der Waals surface area (Å²) in [6, 6.07) is 10.3. The lowest BCUT2D eigenvalue weighted by Crippen LogP contribution is -2.11. The molecule has 2 rings (SSSR count). The third-order valence-electron chi connectivity index (χ3n) is 3.79. The Hall–Kier alpha value is -1.80. The number of ether oxygens (including phenoxy) is 1. The molecule has 2 nitrogen and oxygen atoms in total. The summed E-state index contributed by atoms with van der Waals surface area (Å²) in [4.78, 5) is 0. The third-order valence-corrected chi connectivity index (χ3v) is 3.79. The maximum absolute atomic E-state index is 10.3. The molecule has 0 aromatic heterocycles. The van der Waals surface area contributed by atoms with E-state index in [1.54, 1.807) is 0 Å². The summed E-state index contributed by atoms with van der Waals surface area (Å²) in [5.41, 5.74) is 6.75. The lowest BCUT2D eigenvalue weighted by molar-refractivity contribution is 0.107. The zero-order valence-corrected chi connectivity index (χ0v) is 13.5. The fourth-order valence-electron chi connectivity index (χ4n) is 2.62. The monoisotopic (exact) mass is 284 g/mol. The van der Waals surface area contributed by atoms with Gasteiger partial charge < -0.3 is 9.84 Å². The predicted octanol–water partition coefficient (Wildman–Crippen LogP) is 4.34. The first-order chi connectivity index (χ1) is 9.86. The highest BCUT2D eigenvalue weighted by molar-refractivity contribution is 5.42. The number of hydrogen-bond acceptors (Lipinski definition) is 2. The zero-order valence-electron chi connectivity index (χ0n) is 13.5. The average Bonchev–Trinajstić information content (AvgIpc) is 2.39. The van der Waals surface area contributed by atoms with Crippen molar-refractivity contribution in [1.29, 1.82) is 0 Å². The SMILES string of the molecule is Cc1cc(C)cc(C(O)COc2cc(C)cc(C)c2C)c1. The van der Waals surface area contributed by atoms with Gasteiger partial charge in [0.25, 0.3) is 0 Å². The first-order valence-electron chi connectivity index (χ1n) is 7.33. The molecule has 1 unspecified atom stereocenters. The summed E-state index contributed by atoms with van der Waals surface area (Å²) in [7, 11) is 0. The van der Waals surface area contributed by atoms with Crippen molar-refractivity contribution < 1.29 is 9.84 Å². The van der Waals surface area contributed by atoms with Crippen LogP contribution in [0, 0.1) is 34.6 Å². The molecule has 2 aromatic carbocycles. The molecule has 0 aliphatic carbocycles. The molecule has 0 saturated carbocycles. The van der Waals surface area contributed by atoms with Crippen molar-refractivity contribution in [1.82, 2.24) is 0 Å². The third kappa shape index (κ3) is 3.85. The molecule has 2 aromatic rings. The zero-order chi connectivity index (χ0) is 15.6. The van der Waals surface area contributed by atoms with E-state index in [0.29, 0.717) is 0 Å². The first-order valence-corrected chi connectivity index (χ1v) is 7.33. The van der Waals surface area contributed by atoms with Crippen LogP contribution in [-0.4, -0.2) is 11.7 Å². The van der Waals surface area contributed by atoms with Crippen molar-refractivity contribution in [3.8, 4) is 5.75 Å². The summed E-state index contributed by atoms with van der Waals surface area (Å²) >= 11 is 0. The molecule has 0 bridgehead atoms. The van der Waals surface area contributed by atoms with Crippen molar-refractivity contribution in [2.24, 2.45) is 0 Å². The van der Waals surface area contributed by atoms with Gasteiger partial charge in [-0.3, -0.25) is 0 Å². The number of benzene rings is 2. The van der Waals surface area contributed by atoms with Crippen molar-refractivity contribution in [2.75, 3.05) is 6.61 Å². The second-order valence-corrected chi connectivity index (χ2v) is 5.95. The molecule has 0 fully saturated rings. The minimum Gasteiger partial charge on any atom is -0.490 e. The number of hydrogen-bond donors (Lipinski definition) is 1. The molecule has 0 aliphatic heterocycles. The van der Waals surface area contributed by atoms with Crippen LogP contribution in [-0.2, 0) is 0 Å². The van der Waals surface area contributed by atoms with Crippen LogP contribution in [0.1, 0.15) is 39.5 Å². The molecular weight excluding hydrogens is 260 g/mol. The minimum absolute atomic E-state index is 0.270. The topological polar surface area (TPSA) is 29.5 Å². The Balaban J connectivity index is 2.12. The molecule has 0 aliphatic rings. The van der Waals surface area contributed by atoms with Crippen molar-refractivity contribution in [2.45, 2.75) is 40.7 Å². The average molecular weight is 284 g/mol. The van der Waals surface area contributed by atoms with Crippen molar-refractivity contribution in [3.63, 3.8) is 0 Å². The molecule has 1 N–H and O–H groups in total. The van der Waals surface area contributed by atoms with Crippen LogP contribution in [0.4, 0.5) is 0 Å². The summed E-state index contributed by atoms with van der Waals surface area (Å²) < 4.78 is 5.84. The molecule has 2 heteroatoms. The van der Waals surface area contributed by atoms with E-state index in [2.05, 4.69) is 26.0 Å². The second-order valence-electron chi connectivity index (χ2n) is 5.95. The summed E-state index contributed by atoms with van der Waals surface area (Å²) in [5, 5.41) is 10.3. The van der Waals surface area contributed by atoms with Crippen LogP contribution in [0.15, 0.2) is 30.3 Å². The first kappa shape index (κ1) is 15.6. The number of aliphatic hydroxyl groups excluding tert-OH is 1. The van der Waals surface area contributed by atoms with E-state index >= 15 is 0 Å². The Bertz CT molecular complexity index is 624. The van der Waals surface area contributed by atoms with E-state index in [9.17, 15) is 5.11 Å². The predicted molar refractivity (Wildman–Crippen MR) is 87.0 cm³/mol. The Morgan fingerprint density at radius 3 is 2.05 bits per heavy atom. The Kier molecular flexibility index (Phi) is 4.69. The van der Waals surface area contributed by atoms with E-state index in [1.165, 1.54) is 11.1 Å². The van der Waals surface area contributed by atoms with Crippen LogP contribution < -0.4 is 4.74 Å².